The van der Waals surface area contributed by atoms with Crippen LogP contribution in [-0.4, -0.2) is 23.0 Å². The van der Waals surface area contributed by atoms with Crippen molar-refractivity contribution in [2.75, 3.05) is 0 Å². The van der Waals surface area contributed by atoms with Crippen LogP contribution in [0.2, 0.25) is 0 Å². The molecule has 0 spiro atoms. The molecule has 4 nitrogen and oxygen atoms in total. The highest BCUT2D eigenvalue weighted by Gasteiger charge is 2.31. The van der Waals surface area contributed by atoms with Crippen molar-refractivity contribution >= 4 is 11.9 Å². The zero-order chi connectivity index (χ0) is 13.8. The number of aliphatic carboxylic acids is 1. The Hall–Kier alpha value is -1.06. The summed E-state index contributed by atoms with van der Waals surface area (Å²) in [5, 5.41) is 12.0. The van der Waals surface area contributed by atoms with Crippen molar-refractivity contribution in [1.29, 1.82) is 0 Å². The Labute approximate surface area is 109 Å². The van der Waals surface area contributed by atoms with Gasteiger partial charge in [-0.05, 0) is 39.0 Å². The molecule has 1 rings (SSSR count). The normalized spacial score (nSPS) is 25.3. The maximum Gasteiger partial charge on any atom is 0.309 e. The van der Waals surface area contributed by atoms with Crippen LogP contribution in [0, 0.1) is 11.3 Å². The average molecular weight is 255 g/mol. The number of rotatable bonds is 4. The van der Waals surface area contributed by atoms with E-state index in [2.05, 4.69) is 12.2 Å². The Morgan fingerprint density at radius 1 is 1.22 bits per heavy atom. The first-order valence-corrected chi connectivity index (χ1v) is 6.84. The fourth-order valence-corrected chi connectivity index (χ4v) is 2.39. The molecule has 0 aliphatic heterocycles. The quantitative estimate of drug-likeness (QED) is 0.759. The average Bonchev–Trinajstić information content (AvgIpc) is 2.42. The van der Waals surface area contributed by atoms with Crippen LogP contribution in [0.3, 0.4) is 0 Å². The van der Waals surface area contributed by atoms with Gasteiger partial charge in [0.15, 0.2) is 0 Å². The molecular weight excluding hydrogens is 230 g/mol. The van der Waals surface area contributed by atoms with Crippen molar-refractivity contribution < 1.29 is 14.7 Å². The summed E-state index contributed by atoms with van der Waals surface area (Å²) in [7, 11) is 0. The monoisotopic (exact) mass is 255 g/mol. The number of carboxylic acid groups (broad SMARTS) is 1. The van der Waals surface area contributed by atoms with Crippen molar-refractivity contribution in [2.45, 2.75) is 65.3 Å². The standard InChI is InChI=1S/C14H25NO3/c1-10-5-4-6-11(8-7-10)15-12(16)9-14(2,3)13(17)18/h10-11H,4-9H2,1-3H3,(H,15,16)(H,17,18). The van der Waals surface area contributed by atoms with E-state index in [9.17, 15) is 9.59 Å². The van der Waals surface area contributed by atoms with Gasteiger partial charge in [0.2, 0.25) is 5.91 Å². The lowest BCUT2D eigenvalue weighted by atomic mass is 9.89. The summed E-state index contributed by atoms with van der Waals surface area (Å²) in [6.45, 7) is 5.42. The van der Waals surface area contributed by atoms with Crippen LogP contribution in [0.25, 0.3) is 0 Å². The number of carboxylic acids is 1. The summed E-state index contributed by atoms with van der Waals surface area (Å²) in [5.41, 5.74) is -0.984. The molecule has 0 aromatic carbocycles. The summed E-state index contributed by atoms with van der Waals surface area (Å²) in [5.74, 6) is -0.323. The second-order valence-corrected chi connectivity index (χ2v) is 6.24. The number of hydrogen-bond acceptors (Lipinski definition) is 2. The molecule has 0 aromatic heterocycles. The Bertz CT molecular complexity index is 312. The molecule has 0 saturated heterocycles. The molecule has 1 aliphatic rings. The molecule has 2 N–H and O–H groups in total. The van der Waals surface area contributed by atoms with Gasteiger partial charge in [0, 0.05) is 12.5 Å². The van der Waals surface area contributed by atoms with Gasteiger partial charge in [-0.15, -0.1) is 0 Å². The van der Waals surface area contributed by atoms with Gasteiger partial charge in [0.1, 0.15) is 0 Å². The molecule has 1 aliphatic carbocycles. The third-order valence-corrected chi connectivity index (χ3v) is 3.80. The second-order valence-electron chi connectivity index (χ2n) is 6.24. The first-order chi connectivity index (χ1) is 8.31. The van der Waals surface area contributed by atoms with Crippen LogP contribution >= 0.6 is 0 Å². The van der Waals surface area contributed by atoms with E-state index in [1.165, 1.54) is 6.42 Å². The van der Waals surface area contributed by atoms with Crippen molar-refractivity contribution in [3.8, 4) is 0 Å². The minimum absolute atomic E-state index is 0.0500. The lowest BCUT2D eigenvalue weighted by Crippen LogP contribution is -2.38. The summed E-state index contributed by atoms with van der Waals surface area (Å²) < 4.78 is 0. The Morgan fingerprint density at radius 2 is 1.89 bits per heavy atom. The predicted molar refractivity (Wildman–Crippen MR) is 70.2 cm³/mol. The van der Waals surface area contributed by atoms with Gasteiger partial charge in [-0.2, -0.15) is 0 Å². The number of amides is 1. The SMILES string of the molecule is CC1CCCC(NC(=O)CC(C)(C)C(=O)O)CC1. The van der Waals surface area contributed by atoms with E-state index in [1.54, 1.807) is 13.8 Å². The molecular formula is C14H25NO3. The van der Waals surface area contributed by atoms with E-state index in [0.29, 0.717) is 0 Å². The van der Waals surface area contributed by atoms with Gasteiger partial charge >= 0.3 is 5.97 Å². The Morgan fingerprint density at radius 3 is 2.50 bits per heavy atom. The van der Waals surface area contributed by atoms with Crippen LogP contribution in [0.5, 0.6) is 0 Å². The number of nitrogens with one attached hydrogen (secondary N) is 1. The zero-order valence-corrected chi connectivity index (χ0v) is 11.7. The lowest BCUT2D eigenvalue weighted by molar-refractivity contribution is -0.149. The molecule has 104 valence electrons. The largest absolute Gasteiger partial charge is 0.481 e. The van der Waals surface area contributed by atoms with Crippen LogP contribution in [-0.2, 0) is 9.59 Å². The number of carbonyl (C=O) groups excluding carboxylic acids is 1. The zero-order valence-electron chi connectivity index (χ0n) is 11.7. The Kier molecular flexibility index (Phi) is 5.17. The van der Waals surface area contributed by atoms with E-state index in [-0.39, 0.29) is 18.4 Å². The summed E-state index contributed by atoms with van der Waals surface area (Å²) in [6.07, 6.45) is 5.60. The molecule has 0 radical (unpaired) electrons. The fraction of sp³-hybridized carbons (Fsp3) is 0.857. The molecule has 2 unspecified atom stereocenters. The van der Waals surface area contributed by atoms with Crippen molar-refractivity contribution in [2.24, 2.45) is 11.3 Å². The van der Waals surface area contributed by atoms with E-state index < -0.39 is 11.4 Å². The van der Waals surface area contributed by atoms with Crippen LogP contribution in [0.4, 0.5) is 0 Å². The lowest BCUT2D eigenvalue weighted by Gasteiger charge is -2.21. The van der Waals surface area contributed by atoms with E-state index in [4.69, 9.17) is 5.11 Å². The molecule has 1 saturated carbocycles. The molecule has 0 bridgehead atoms. The predicted octanol–water partition coefficient (Wildman–Crippen LogP) is 2.57. The number of carbonyl (C=O) groups is 2. The van der Waals surface area contributed by atoms with Crippen molar-refractivity contribution in [1.82, 2.24) is 5.32 Å². The molecule has 0 heterocycles. The molecule has 1 amide bonds. The van der Waals surface area contributed by atoms with E-state index >= 15 is 0 Å². The topological polar surface area (TPSA) is 66.4 Å². The molecule has 1 fully saturated rings. The van der Waals surface area contributed by atoms with Gasteiger partial charge in [-0.1, -0.05) is 19.8 Å². The number of hydrogen-bond donors (Lipinski definition) is 2. The second kappa shape index (κ2) is 6.21. The first kappa shape index (κ1) is 15.0. The smallest absolute Gasteiger partial charge is 0.309 e. The van der Waals surface area contributed by atoms with Gasteiger partial charge < -0.3 is 10.4 Å². The van der Waals surface area contributed by atoms with Gasteiger partial charge in [-0.25, -0.2) is 0 Å². The minimum atomic E-state index is -0.984. The van der Waals surface area contributed by atoms with Crippen LogP contribution < -0.4 is 5.32 Å². The maximum absolute atomic E-state index is 11.9. The molecule has 2 atom stereocenters. The van der Waals surface area contributed by atoms with Gasteiger partial charge in [0.05, 0.1) is 5.41 Å². The Balaban J connectivity index is 2.42. The van der Waals surface area contributed by atoms with E-state index in [1.807, 2.05) is 0 Å². The van der Waals surface area contributed by atoms with Crippen molar-refractivity contribution in [3.05, 3.63) is 0 Å². The fourth-order valence-electron chi connectivity index (χ4n) is 2.39. The highest BCUT2D eigenvalue weighted by atomic mass is 16.4. The van der Waals surface area contributed by atoms with Crippen molar-refractivity contribution in [3.63, 3.8) is 0 Å². The molecule has 0 aromatic rings. The third-order valence-electron chi connectivity index (χ3n) is 3.80. The van der Waals surface area contributed by atoms with Gasteiger partial charge in [-0.3, -0.25) is 9.59 Å². The van der Waals surface area contributed by atoms with E-state index in [0.717, 1.165) is 31.6 Å². The third kappa shape index (κ3) is 4.67. The first-order valence-electron chi connectivity index (χ1n) is 6.84. The highest BCUT2D eigenvalue weighted by Crippen LogP contribution is 2.24. The minimum Gasteiger partial charge on any atom is -0.481 e. The summed E-state index contributed by atoms with van der Waals surface area (Å²) in [4.78, 5) is 22.8. The molecule has 18 heavy (non-hydrogen) atoms. The molecule has 4 heteroatoms. The van der Waals surface area contributed by atoms with Gasteiger partial charge in [0.25, 0.3) is 0 Å². The van der Waals surface area contributed by atoms with Crippen LogP contribution in [0.1, 0.15) is 59.3 Å². The van der Waals surface area contributed by atoms with Crippen LogP contribution in [0.15, 0.2) is 0 Å². The summed E-state index contributed by atoms with van der Waals surface area (Å²) >= 11 is 0. The summed E-state index contributed by atoms with van der Waals surface area (Å²) in [6, 6.07) is 0.229. The maximum atomic E-state index is 11.9. The highest BCUT2D eigenvalue weighted by molar-refractivity contribution is 5.84.